The van der Waals surface area contributed by atoms with Crippen LogP contribution in [0.15, 0.2) is 48.5 Å². The average Bonchev–Trinajstić information content (AvgIpc) is 3.28. The van der Waals surface area contributed by atoms with Crippen LogP contribution in [0, 0.1) is 20.8 Å². The lowest BCUT2D eigenvalue weighted by atomic mass is 9.71. The number of fused-ring (bicyclic) bond motifs is 3. The van der Waals surface area contributed by atoms with Crippen LogP contribution in [-0.2, 0) is 16.0 Å². The largest absolute Gasteiger partial charge is 0.510 e. The Morgan fingerprint density at radius 3 is 1.96 bits per heavy atom. The van der Waals surface area contributed by atoms with Gasteiger partial charge in [-0.05, 0) is 74.9 Å². The van der Waals surface area contributed by atoms with E-state index < -0.39 is 30.2 Å². The summed E-state index contributed by atoms with van der Waals surface area (Å²) in [5, 5.41) is 2.58. The van der Waals surface area contributed by atoms with E-state index in [2.05, 4.69) is 29.6 Å². The lowest BCUT2D eigenvalue weighted by molar-refractivity contribution is 0.0635. The molecule has 0 bridgehead atoms. The van der Waals surface area contributed by atoms with Crippen molar-refractivity contribution in [3.63, 3.8) is 0 Å². The lowest BCUT2D eigenvalue weighted by Gasteiger charge is -2.36. The highest BCUT2D eigenvalue weighted by molar-refractivity contribution is 6.74. The zero-order valence-electron chi connectivity index (χ0n) is 26.7. The first-order valence-electron chi connectivity index (χ1n) is 15.3. The fourth-order valence-corrected chi connectivity index (χ4v) is 6.61. The Hall–Kier alpha value is -3.99. The molecule has 0 spiro atoms. The summed E-state index contributed by atoms with van der Waals surface area (Å²) >= 11 is 0. The Labute approximate surface area is 262 Å². The fourth-order valence-electron chi connectivity index (χ4n) is 6.61. The number of hydrogen-bond acceptors (Lipinski definition) is 5. The summed E-state index contributed by atoms with van der Waals surface area (Å²) in [5.74, 6) is -0.0389. The van der Waals surface area contributed by atoms with Crippen molar-refractivity contribution in [1.82, 2.24) is 9.80 Å². The number of amides is 2. The molecular formula is C34H40BF3N3O4-. The van der Waals surface area contributed by atoms with Gasteiger partial charge in [0.25, 0.3) is 0 Å². The summed E-state index contributed by atoms with van der Waals surface area (Å²) in [6, 6.07) is 16.3. The zero-order chi connectivity index (χ0) is 32.7. The number of benzene rings is 3. The van der Waals surface area contributed by atoms with Gasteiger partial charge < -0.3 is 27.3 Å². The van der Waals surface area contributed by atoms with E-state index in [1.807, 2.05) is 29.2 Å². The van der Waals surface area contributed by atoms with E-state index in [-0.39, 0.29) is 35.9 Å². The molecule has 1 aliphatic carbocycles. The number of carbonyl (C=O) groups is 2. The van der Waals surface area contributed by atoms with Crippen molar-refractivity contribution in [1.29, 1.82) is 0 Å². The Bertz CT molecular complexity index is 1570. The fraction of sp³-hybridized carbons (Fsp3) is 0.412. The molecule has 1 saturated heterocycles. The summed E-state index contributed by atoms with van der Waals surface area (Å²) in [6.07, 6.45) is -1.20. The van der Waals surface area contributed by atoms with Gasteiger partial charge in [0.15, 0.2) is 0 Å². The van der Waals surface area contributed by atoms with Crippen LogP contribution >= 0.6 is 0 Å². The minimum absolute atomic E-state index is 0.0211. The third-order valence-corrected chi connectivity index (χ3v) is 8.76. The number of nitrogens with one attached hydrogen (secondary N) is 1. The third kappa shape index (κ3) is 6.83. The topological polar surface area (TPSA) is 71.1 Å². The van der Waals surface area contributed by atoms with Crippen molar-refractivity contribution >= 4 is 30.3 Å². The van der Waals surface area contributed by atoms with Crippen LogP contribution in [0.25, 0.3) is 11.1 Å². The van der Waals surface area contributed by atoms with Crippen LogP contribution < -0.4 is 10.8 Å². The van der Waals surface area contributed by atoms with Crippen molar-refractivity contribution in [2.75, 3.05) is 38.1 Å². The Balaban J connectivity index is 1.26. The summed E-state index contributed by atoms with van der Waals surface area (Å²) < 4.78 is 54.1. The number of halogens is 3. The summed E-state index contributed by atoms with van der Waals surface area (Å²) in [6.45, 7) is 6.53. The molecule has 0 radical (unpaired) electrons. The molecule has 2 amide bonds. The average molecular weight is 623 g/mol. The molecule has 2 aliphatic rings. The van der Waals surface area contributed by atoms with E-state index in [1.54, 1.807) is 32.6 Å². The number of ether oxygens (including phenoxy) is 2. The van der Waals surface area contributed by atoms with Gasteiger partial charge in [-0.2, -0.15) is 0 Å². The number of anilines is 1. The van der Waals surface area contributed by atoms with E-state index in [0.29, 0.717) is 37.3 Å². The van der Waals surface area contributed by atoms with Crippen LogP contribution in [0.4, 0.5) is 28.2 Å². The zero-order valence-corrected chi connectivity index (χ0v) is 26.7. The third-order valence-electron chi connectivity index (χ3n) is 8.76. The van der Waals surface area contributed by atoms with Crippen molar-refractivity contribution in [3.8, 4) is 11.1 Å². The van der Waals surface area contributed by atoms with Gasteiger partial charge >= 0.3 is 19.2 Å². The van der Waals surface area contributed by atoms with Crippen LogP contribution in [0.5, 0.6) is 0 Å². The molecule has 7 nitrogen and oxygen atoms in total. The van der Waals surface area contributed by atoms with E-state index in [4.69, 9.17) is 9.47 Å². The van der Waals surface area contributed by atoms with E-state index >= 15 is 0 Å². The van der Waals surface area contributed by atoms with Crippen molar-refractivity contribution in [3.05, 3.63) is 81.9 Å². The number of carbonyl (C=O) groups excluding carboxylic acids is 2. The van der Waals surface area contributed by atoms with Gasteiger partial charge in [-0.15, -0.1) is 5.46 Å². The first-order valence-corrected chi connectivity index (χ1v) is 15.3. The first-order chi connectivity index (χ1) is 21.2. The highest BCUT2D eigenvalue weighted by atomic mass is 19.4. The standard InChI is InChI=1S/C34H40BF3N3O4/c1-21-28(22(2)31(23(3)30(21)35(36,37)38)39-32(42)45-34(4,5)6)19-40-15-17-41(18-16-40)33(43)44-20-29-26-13-9-7-11-24(26)25-12-8-10-14-27(25)29/h7-14,29H,15-20H2,1-6H3,(H,39,42)/q-1. The Morgan fingerprint density at radius 1 is 0.867 bits per heavy atom. The minimum Gasteiger partial charge on any atom is -0.448 e. The molecule has 0 aromatic heterocycles. The molecular weight excluding hydrogens is 582 g/mol. The molecule has 0 atom stereocenters. The predicted molar refractivity (Wildman–Crippen MR) is 171 cm³/mol. The Kier molecular flexibility index (Phi) is 8.95. The van der Waals surface area contributed by atoms with E-state index in [9.17, 15) is 22.5 Å². The number of nitrogens with zero attached hydrogens (tertiary/aromatic N) is 2. The normalized spacial score (nSPS) is 15.4. The van der Waals surface area contributed by atoms with Gasteiger partial charge in [-0.3, -0.25) is 10.2 Å². The second kappa shape index (κ2) is 12.4. The maximum atomic E-state index is 14.3. The molecule has 11 heteroatoms. The number of hydrogen-bond donors (Lipinski definition) is 1. The number of piperazine rings is 1. The van der Waals surface area contributed by atoms with Crippen LogP contribution in [0.1, 0.15) is 60.1 Å². The maximum absolute atomic E-state index is 14.3. The molecule has 0 unspecified atom stereocenters. The van der Waals surface area contributed by atoms with Crippen molar-refractivity contribution in [2.45, 2.75) is 59.6 Å². The molecule has 240 valence electrons. The van der Waals surface area contributed by atoms with E-state index in [0.717, 1.165) is 22.3 Å². The van der Waals surface area contributed by atoms with Gasteiger partial charge in [0.1, 0.15) is 12.2 Å². The van der Waals surface area contributed by atoms with Crippen molar-refractivity contribution in [2.24, 2.45) is 0 Å². The highest BCUT2D eigenvalue weighted by Gasteiger charge is 2.34. The molecule has 1 heterocycles. The van der Waals surface area contributed by atoms with Gasteiger partial charge in [0, 0.05) is 44.3 Å². The van der Waals surface area contributed by atoms with Gasteiger partial charge in [-0.25, -0.2) is 9.59 Å². The van der Waals surface area contributed by atoms with Gasteiger partial charge in [0.05, 0.1) is 0 Å². The van der Waals surface area contributed by atoms with Crippen LogP contribution in [-0.4, -0.2) is 67.4 Å². The summed E-state index contributed by atoms with van der Waals surface area (Å²) in [4.78, 5) is 29.4. The summed E-state index contributed by atoms with van der Waals surface area (Å²) in [7, 11) is 0. The molecule has 1 N–H and O–H groups in total. The predicted octanol–water partition coefficient (Wildman–Crippen LogP) is 7.08. The Morgan fingerprint density at radius 2 is 1.42 bits per heavy atom. The molecule has 1 aliphatic heterocycles. The smallest absolute Gasteiger partial charge is 0.448 e. The minimum atomic E-state index is -5.34. The van der Waals surface area contributed by atoms with Crippen LogP contribution in [0.3, 0.4) is 0 Å². The molecule has 3 aromatic rings. The molecule has 3 aromatic carbocycles. The molecule has 45 heavy (non-hydrogen) atoms. The van der Waals surface area contributed by atoms with Crippen LogP contribution in [0.2, 0.25) is 0 Å². The SMILES string of the molecule is Cc1c(CN2CCN(C(=O)OCC3c4ccccc4-c4ccccc43)CC2)c(C)c([B-](F)(F)F)c(C)c1NC(=O)OC(C)(C)C. The van der Waals surface area contributed by atoms with Gasteiger partial charge in [0.2, 0.25) is 0 Å². The first kappa shape index (κ1) is 32.4. The highest BCUT2D eigenvalue weighted by Crippen LogP contribution is 2.44. The number of rotatable bonds is 6. The van der Waals surface area contributed by atoms with Crippen molar-refractivity contribution < 1.29 is 32.0 Å². The quantitative estimate of drug-likeness (QED) is 0.298. The van der Waals surface area contributed by atoms with Gasteiger partial charge in [-0.1, -0.05) is 59.7 Å². The molecule has 0 saturated carbocycles. The summed E-state index contributed by atoms with van der Waals surface area (Å²) in [5.41, 5.74) is 4.43. The monoisotopic (exact) mass is 622 g/mol. The molecule has 5 rings (SSSR count). The maximum Gasteiger partial charge on any atom is 0.510 e. The van der Waals surface area contributed by atoms with E-state index in [1.165, 1.54) is 13.8 Å². The second-order valence-corrected chi connectivity index (χ2v) is 12.9. The second-order valence-electron chi connectivity index (χ2n) is 12.9. The molecule has 1 fully saturated rings. The lowest BCUT2D eigenvalue weighted by Crippen LogP contribution is -2.49.